The van der Waals surface area contributed by atoms with Crippen molar-refractivity contribution in [2.24, 2.45) is 0 Å². The summed E-state index contributed by atoms with van der Waals surface area (Å²) in [5.74, 6) is -1.13. The molecule has 0 aliphatic heterocycles. The van der Waals surface area contributed by atoms with Crippen LogP contribution in [0.2, 0.25) is 0 Å². The summed E-state index contributed by atoms with van der Waals surface area (Å²) in [5.41, 5.74) is 0. The van der Waals surface area contributed by atoms with Crippen LogP contribution in [0.15, 0.2) is 12.3 Å². The number of carbonyl (C=O) groups excluding carboxylic acids is 2. The zero-order chi connectivity index (χ0) is 10.3. The average molecular weight is 188 g/mol. The summed E-state index contributed by atoms with van der Waals surface area (Å²) >= 11 is 0. The van der Waals surface area contributed by atoms with Crippen molar-refractivity contribution in [3.05, 3.63) is 12.3 Å². The monoisotopic (exact) mass is 188 g/mol. The van der Waals surface area contributed by atoms with Gasteiger partial charge < -0.3 is 14.2 Å². The Kier molecular flexibility index (Phi) is 5.34. The van der Waals surface area contributed by atoms with Crippen LogP contribution in [0.4, 0.5) is 0 Å². The van der Waals surface area contributed by atoms with Crippen molar-refractivity contribution in [2.75, 3.05) is 7.11 Å². The maximum Gasteiger partial charge on any atom is 0.336 e. The number of hydrogen-bond donors (Lipinski definition) is 0. The largest absolute Gasteiger partial charge is 0.504 e. The molecule has 0 radical (unpaired) electrons. The Morgan fingerprint density at radius 3 is 2.38 bits per heavy atom. The molecule has 74 valence electrons. The van der Waals surface area contributed by atoms with E-state index in [1.54, 1.807) is 0 Å². The third-order valence-electron chi connectivity index (χ3n) is 0.954. The molecule has 0 rings (SSSR count). The number of rotatable bonds is 4. The lowest BCUT2D eigenvalue weighted by Gasteiger charge is -2.10. The second-order valence-corrected chi connectivity index (χ2v) is 2.15. The van der Waals surface area contributed by atoms with Gasteiger partial charge >= 0.3 is 11.9 Å². The van der Waals surface area contributed by atoms with Crippen molar-refractivity contribution in [3.63, 3.8) is 0 Å². The molecule has 0 saturated heterocycles. The van der Waals surface area contributed by atoms with Crippen molar-refractivity contribution in [3.8, 4) is 0 Å². The van der Waals surface area contributed by atoms with E-state index in [4.69, 9.17) is 0 Å². The number of esters is 2. The first-order valence-corrected chi connectivity index (χ1v) is 3.63. The molecule has 0 aliphatic rings. The van der Waals surface area contributed by atoms with E-state index in [2.05, 4.69) is 14.2 Å². The summed E-state index contributed by atoms with van der Waals surface area (Å²) in [4.78, 5) is 21.2. The zero-order valence-corrected chi connectivity index (χ0v) is 7.77. The average Bonchev–Trinajstić information content (AvgIpc) is 1.98. The number of ether oxygens (including phenoxy) is 3. The fraction of sp³-hybridized carbons (Fsp3) is 0.500. The van der Waals surface area contributed by atoms with Crippen LogP contribution in [0.3, 0.4) is 0 Å². The minimum Gasteiger partial charge on any atom is -0.504 e. The summed E-state index contributed by atoms with van der Waals surface area (Å²) in [6, 6.07) is 0. The van der Waals surface area contributed by atoms with Gasteiger partial charge in [-0.1, -0.05) is 0 Å². The number of methoxy groups -OCH3 is 1. The zero-order valence-electron chi connectivity index (χ0n) is 7.77. The van der Waals surface area contributed by atoms with Crippen LogP contribution < -0.4 is 0 Å². The maximum absolute atomic E-state index is 10.8. The molecular formula is C8H12O5. The molecule has 0 aromatic heterocycles. The number of carbonyl (C=O) groups is 2. The maximum atomic E-state index is 10.8. The Morgan fingerprint density at radius 1 is 1.31 bits per heavy atom. The standard InChI is InChI=1S/C8H12O5/c1-6(9)12-7(2)13-8(10)4-5-11-3/h4-5,7H,1-3H3/b5-4+. The molecule has 13 heavy (non-hydrogen) atoms. The summed E-state index contributed by atoms with van der Waals surface area (Å²) < 4.78 is 13.6. The molecule has 1 unspecified atom stereocenters. The van der Waals surface area contributed by atoms with Crippen LogP contribution >= 0.6 is 0 Å². The third-order valence-corrected chi connectivity index (χ3v) is 0.954. The van der Waals surface area contributed by atoms with Gasteiger partial charge in [0.1, 0.15) is 0 Å². The van der Waals surface area contributed by atoms with E-state index in [0.717, 1.165) is 6.08 Å². The van der Waals surface area contributed by atoms with E-state index in [0.29, 0.717) is 0 Å². The first-order valence-electron chi connectivity index (χ1n) is 3.63. The van der Waals surface area contributed by atoms with Crippen LogP contribution in [0.25, 0.3) is 0 Å². The van der Waals surface area contributed by atoms with E-state index in [9.17, 15) is 9.59 Å². The van der Waals surface area contributed by atoms with E-state index < -0.39 is 18.2 Å². The minimum absolute atomic E-state index is 0.504. The van der Waals surface area contributed by atoms with Gasteiger partial charge in [0.15, 0.2) is 0 Å². The first kappa shape index (κ1) is 11.5. The van der Waals surface area contributed by atoms with Gasteiger partial charge in [-0.2, -0.15) is 0 Å². The van der Waals surface area contributed by atoms with Gasteiger partial charge in [0.2, 0.25) is 6.29 Å². The van der Waals surface area contributed by atoms with E-state index in [-0.39, 0.29) is 0 Å². The fourth-order valence-electron chi connectivity index (χ4n) is 0.584. The highest BCUT2D eigenvalue weighted by molar-refractivity contribution is 5.81. The molecule has 0 amide bonds. The molecule has 0 spiro atoms. The molecule has 0 saturated carbocycles. The van der Waals surface area contributed by atoms with Crippen LogP contribution in [0.5, 0.6) is 0 Å². The Bertz CT molecular complexity index is 209. The predicted molar refractivity (Wildman–Crippen MR) is 43.5 cm³/mol. The SMILES string of the molecule is CO/C=C/C(=O)OC(C)OC(C)=O. The van der Waals surface area contributed by atoms with Crippen molar-refractivity contribution in [1.82, 2.24) is 0 Å². The highest BCUT2D eigenvalue weighted by atomic mass is 16.7. The molecule has 5 nitrogen and oxygen atoms in total. The Balaban J connectivity index is 3.78. The molecule has 0 bridgehead atoms. The summed E-state index contributed by atoms with van der Waals surface area (Å²) in [6.07, 6.45) is 1.37. The number of hydrogen-bond acceptors (Lipinski definition) is 5. The highest BCUT2D eigenvalue weighted by Crippen LogP contribution is 1.95. The molecule has 0 aromatic rings. The molecule has 5 heteroatoms. The van der Waals surface area contributed by atoms with Crippen LogP contribution in [-0.4, -0.2) is 25.3 Å². The van der Waals surface area contributed by atoms with E-state index in [1.165, 1.54) is 27.2 Å². The van der Waals surface area contributed by atoms with Crippen molar-refractivity contribution < 1.29 is 23.8 Å². The van der Waals surface area contributed by atoms with Gasteiger partial charge in [0.05, 0.1) is 19.4 Å². The van der Waals surface area contributed by atoms with Gasteiger partial charge in [0.25, 0.3) is 0 Å². The van der Waals surface area contributed by atoms with Crippen LogP contribution in [-0.2, 0) is 23.8 Å². The fourth-order valence-corrected chi connectivity index (χ4v) is 0.584. The normalized spacial score (nSPS) is 12.2. The molecule has 0 heterocycles. The Hall–Kier alpha value is -1.52. The van der Waals surface area contributed by atoms with Crippen molar-refractivity contribution >= 4 is 11.9 Å². The first-order chi connectivity index (χ1) is 6.06. The lowest BCUT2D eigenvalue weighted by atomic mass is 10.6. The molecule has 0 N–H and O–H groups in total. The Labute approximate surface area is 76.3 Å². The van der Waals surface area contributed by atoms with E-state index in [1.807, 2.05) is 0 Å². The van der Waals surface area contributed by atoms with Gasteiger partial charge in [-0.3, -0.25) is 4.79 Å². The Morgan fingerprint density at radius 2 is 1.92 bits per heavy atom. The lowest BCUT2D eigenvalue weighted by molar-refractivity contribution is -0.179. The summed E-state index contributed by atoms with van der Waals surface area (Å²) in [6.45, 7) is 2.68. The molecule has 0 fully saturated rings. The smallest absolute Gasteiger partial charge is 0.336 e. The summed E-state index contributed by atoms with van der Waals surface area (Å²) in [7, 11) is 1.40. The van der Waals surface area contributed by atoms with Crippen LogP contribution in [0, 0.1) is 0 Å². The third kappa shape index (κ3) is 6.86. The highest BCUT2D eigenvalue weighted by Gasteiger charge is 2.08. The minimum atomic E-state index is -0.883. The van der Waals surface area contributed by atoms with Gasteiger partial charge in [-0.25, -0.2) is 4.79 Å². The van der Waals surface area contributed by atoms with Crippen molar-refractivity contribution in [2.45, 2.75) is 20.1 Å². The van der Waals surface area contributed by atoms with E-state index >= 15 is 0 Å². The second-order valence-electron chi connectivity index (χ2n) is 2.15. The second kappa shape index (κ2) is 6.05. The van der Waals surface area contributed by atoms with Gasteiger partial charge in [-0.05, 0) is 0 Å². The summed E-state index contributed by atoms with van der Waals surface area (Å²) in [5, 5.41) is 0. The predicted octanol–water partition coefficient (Wildman–Crippen LogP) is 0.599. The molecule has 0 aliphatic carbocycles. The molecule has 0 aromatic carbocycles. The van der Waals surface area contributed by atoms with Gasteiger partial charge in [-0.15, -0.1) is 0 Å². The molecular weight excluding hydrogens is 176 g/mol. The van der Waals surface area contributed by atoms with Crippen LogP contribution in [0.1, 0.15) is 13.8 Å². The lowest BCUT2D eigenvalue weighted by Crippen LogP contribution is -2.19. The topological polar surface area (TPSA) is 61.8 Å². The molecule has 1 atom stereocenters. The quantitative estimate of drug-likeness (QED) is 0.280. The van der Waals surface area contributed by atoms with Crippen molar-refractivity contribution in [1.29, 1.82) is 0 Å². The van der Waals surface area contributed by atoms with Gasteiger partial charge in [0, 0.05) is 13.8 Å².